The summed E-state index contributed by atoms with van der Waals surface area (Å²) in [5, 5.41) is 28.6. The number of rotatable bonds is 2. The minimum atomic E-state index is -0.690. The van der Waals surface area contributed by atoms with Crippen LogP contribution in [0.4, 0.5) is 0 Å². The number of carboxylic acid groups (broad SMARTS) is 1. The summed E-state index contributed by atoms with van der Waals surface area (Å²) in [6.07, 6.45) is 5.13. The van der Waals surface area contributed by atoms with Crippen LogP contribution >= 0.6 is 0 Å². The Kier molecular flexibility index (Phi) is 2.77. The molecular weight excluding hydrogens is 246 g/mol. The molecule has 1 aromatic heterocycles. The molecule has 1 saturated carbocycles. The molecule has 0 aliphatic heterocycles. The molecule has 0 radical (unpaired) electrons. The third-order valence-corrected chi connectivity index (χ3v) is 4.36. The quantitative estimate of drug-likeness (QED) is 0.764. The van der Waals surface area contributed by atoms with Crippen molar-refractivity contribution in [1.82, 2.24) is 4.57 Å². The second-order valence-electron chi connectivity index (χ2n) is 5.39. The van der Waals surface area contributed by atoms with Crippen molar-refractivity contribution in [1.29, 1.82) is 0 Å². The molecule has 1 aromatic rings. The third kappa shape index (κ3) is 1.99. The fourth-order valence-corrected chi connectivity index (χ4v) is 3.37. The van der Waals surface area contributed by atoms with Crippen molar-refractivity contribution >= 4 is 11.7 Å². The lowest BCUT2D eigenvalue weighted by Gasteiger charge is -2.14. The third-order valence-electron chi connectivity index (χ3n) is 4.36. The van der Waals surface area contributed by atoms with Crippen LogP contribution in [0, 0.1) is 17.8 Å². The molecule has 0 amide bonds. The van der Waals surface area contributed by atoms with Crippen LogP contribution in [0.2, 0.25) is 0 Å². The standard InChI is InChI=1S/C14H17NO4/c16-11-6-7-12(17)15(11)8-2-1-3-9-10(5-4-8)13(9)14(18)19/h2,6-7,9-10,13,16-17H,1,3-5H2,(H,18,19). The van der Waals surface area contributed by atoms with Gasteiger partial charge in [-0.25, -0.2) is 0 Å². The van der Waals surface area contributed by atoms with Gasteiger partial charge in [-0.15, -0.1) is 0 Å². The Morgan fingerprint density at radius 1 is 1.16 bits per heavy atom. The Hall–Kier alpha value is -1.91. The second-order valence-corrected chi connectivity index (χ2v) is 5.39. The predicted molar refractivity (Wildman–Crippen MR) is 68.6 cm³/mol. The maximum atomic E-state index is 11.1. The molecule has 3 N–H and O–H groups in total. The van der Waals surface area contributed by atoms with Gasteiger partial charge in [-0.05, 0) is 37.5 Å². The van der Waals surface area contributed by atoms with E-state index in [0.717, 1.165) is 25.0 Å². The molecule has 0 aromatic carbocycles. The largest absolute Gasteiger partial charge is 0.494 e. The van der Waals surface area contributed by atoms with Crippen LogP contribution in [0.25, 0.3) is 5.70 Å². The molecule has 2 aliphatic rings. The minimum Gasteiger partial charge on any atom is -0.494 e. The number of aliphatic carboxylic acids is 1. The molecule has 1 heterocycles. The molecule has 102 valence electrons. The normalized spacial score (nSPS) is 29.9. The molecular formula is C14H17NO4. The van der Waals surface area contributed by atoms with Gasteiger partial charge in [0, 0.05) is 17.8 Å². The van der Waals surface area contributed by atoms with E-state index in [4.69, 9.17) is 5.11 Å². The first-order valence-electron chi connectivity index (χ1n) is 6.61. The van der Waals surface area contributed by atoms with Gasteiger partial charge in [-0.1, -0.05) is 6.08 Å². The van der Waals surface area contributed by atoms with E-state index in [1.54, 1.807) is 0 Å². The van der Waals surface area contributed by atoms with E-state index < -0.39 is 5.97 Å². The van der Waals surface area contributed by atoms with Crippen molar-refractivity contribution in [2.24, 2.45) is 17.8 Å². The molecule has 0 spiro atoms. The first kappa shape index (κ1) is 12.1. The first-order valence-corrected chi connectivity index (χ1v) is 6.61. The Labute approximate surface area is 110 Å². The average molecular weight is 263 g/mol. The Balaban J connectivity index is 1.78. The first-order chi connectivity index (χ1) is 9.09. The van der Waals surface area contributed by atoms with Gasteiger partial charge in [0.1, 0.15) is 0 Å². The van der Waals surface area contributed by atoms with E-state index in [1.807, 2.05) is 6.08 Å². The van der Waals surface area contributed by atoms with Crippen molar-refractivity contribution in [3.63, 3.8) is 0 Å². The van der Waals surface area contributed by atoms with Crippen LogP contribution in [0.5, 0.6) is 11.8 Å². The Bertz CT molecular complexity index is 526. The van der Waals surface area contributed by atoms with E-state index >= 15 is 0 Å². The summed E-state index contributed by atoms with van der Waals surface area (Å²) >= 11 is 0. The van der Waals surface area contributed by atoms with E-state index in [2.05, 4.69) is 0 Å². The number of hydrogen-bond donors (Lipinski definition) is 3. The molecule has 1 fully saturated rings. The Morgan fingerprint density at radius 2 is 1.79 bits per heavy atom. The van der Waals surface area contributed by atoms with Crippen LogP contribution in [0.15, 0.2) is 18.2 Å². The summed E-state index contributed by atoms with van der Waals surface area (Å²) in [5.41, 5.74) is 0.856. The van der Waals surface area contributed by atoms with Crippen LogP contribution in [-0.2, 0) is 4.79 Å². The molecule has 3 atom stereocenters. The maximum Gasteiger partial charge on any atom is 0.307 e. The number of hydrogen-bond acceptors (Lipinski definition) is 3. The average Bonchev–Trinajstić information content (AvgIpc) is 2.91. The molecule has 3 rings (SSSR count). The van der Waals surface area contributed by atoms with Crippen molar-refractivity contribution in [3.05, 3.63) is 18.2 Å². The van der Waals surface area contributed by atoms with Crippen LogP contribution < -0.4 is 0 Å². The van der Waals surface area contributed by atoms with Crippen molar-refractivity contribution in [2.45, 2.75) is 25.7 Å². The lowest BCUT2D eigenvalue weighted by Crippen LogP contribution is -2.01. The highest BCUT2D eigenvalue weighted by molar-refractivity contribution is 5.74. The molecule has 3 unspecified atom stereocenters. The summed E-state index contributed by atoms with van der Waals surface area (Å²) in [6, 6.07) is 2.91. The zero-order valence-corrected chi connectivity index (χ0v) is 10.5. The van der Waals surface area contributed by atoms with Gasteiger partial charge in [-0.3, -0.25) is 9.36 Å². The lowest BCUT2D eigenvalue weighted by atomic mass is 10.0. The van der Waals surface area contributed by atoms with Crippen molar-refractivity contribution in [3.8, 4) is 11.8 Å². The van der Waals surface area contributed by atoms with E-state index in [-0.39, 0.29) is 23.6 Å². The summed E-state index contributed by atoms with van der Waals surface area (Å²) in [4.78, 5) is 11.1. The highest BCUT2D eigenvalue weighted by atomic mass is 16.4. The van der Waals surface area contributed by atoms with Crippen LogP contribution in [-0.4, -0.2) is 25.9 Å². The fourth-order valence-electron chi connectivity index (χ4n) is 3.37. The van der Waals surface area contributed by atoms with Gasteiger partial charge in [0.25, 0.3) is 0 Å². The number of nitrogens with zero attached hydrogens (tertiary/aromatic N) is 1. The monoisotopic (exact) mass is 263 g/mol. The van der Waals surface area contributed by atoms with Crippen molar-refractivity contribution < 1.29 is 20.1 Å². The number of carboxylic acids is 1. The van der Waals surface area contributed by atoms with Gasteiger partial charge < -0.3 is 15.3 Å². The molecule has 5 heteroatoms. The predicted octanol–water partition coefficient (Wildman–Crippen LogP) is 2.26. The second kappa shape index (κ2) is 4.33. The SMILES string of the molecule is O=C(O)C1C2CCC=C(n3c(O)ccc3O)CCC21. The van der Waals surface area contributed by atoms with Crippen molar-refractivity contribution in [2.75, 3.05) is 0 Å². The summed E-state index contributed by atoms with van der Waals surface area (Å²) in [6.45, 7) is 0. The Morgan fingerprint density at radius 3 is 2.42 bits per heavy atom. The molecule has 19 heavy (non-hydrogen) atoms. The number of carbonyl (C=O) groups is 1. The zero-order valence-electron chi connectivity index (χ0n) is 10.5. The van der Waals surface area contributed by atoms with Crippen LogP contribution in [0.3, 0.4) is 0 Å². The van der Waals surface area contributed by atoms with E-state index in [0.29, 0.717) is 12.3 Å². The van der Waals surface area contributed by atoms with Crippen LogP contribution in [0.1, 0.15) is 25.7 Å². The smallest absolute Gasteiger partial charge is 0.307 e. The van der Waals surface area contributed by atoms with Gasteiger partial charge in [0.05, 0.1) is 5.92 Å². The maximum absolute atomic E-state index is 11.1. The highest BCUT2D eigenvalue weighted by Crippen LogP contribution is 2.53. The molecule has 0 saturated heterocycles. The van der Waals surface area contributed by atoms with Gasteiger partial charge in [0.15, 0.2) is 11.8 Å². The number of aromatic hydroxyl groups is 2. The number of fused-ring (bicyclic) bond motifs is 1. The minimum absolute atomic E-state index is 0.0199. The van der Waals surface area contributed by atoms with E-state index in [1.165, 1.54) is 16.7 Å². The molecule has 5 nitrogen and oxygen atoms in total. The summed E-state index contributed by atoms with van der Waals surface area (Å²) in [7, 11) is 0. The van der Waals surface area contributed by atoms with Gasteiger partial charge in [0.2, 0.25) is 0 Å². The number of aromatic nitrogens is 1. The highest BCUT2D eigenvalue weighted by Gasteiger charge is 2.53. The number of allylic oxidation sites excluding steroid dienone is 2. The summed E-state index contributed by atoms with van der Waals surface area (Å²) in [5.74, 6) is -0.286. The van der Waals surface area contributed by atoms with Gasteiger partial charge in [-0.2, -0.15) is 0 Å². The van der Waals surface area contributed by atoms with Gasteiger partial charge >= 0.3 is 5.97 Å². The zero-order chi connectivity index (χ0) is 13.6. The topological polar surface area (TPSA) is 82.7 Å². The molecule has 0 bridgehead atoms. The fraction of sp³-hybridized carbons (Fsp3) is 0.500. The van der Waals surface area contributed by atoms with E-state index in [9.17, 15) is 15.0 Å². The lowest BCUT2D eigenvalue weighted by molar-refractivity contribution is -0.139. The summed E-state index contributed by atoms with van der Waals surface area (Å²) < 4.78 is 1.43. The molecule has 2 aliphatic carbocycles.